The van der Waals surface area contributed by atoms with E-state index >= 15 is 4.39 Å². The fourth-order valence-corrected chi connectivity index (χ4v) is 4.10. The minimum absolute atomic E-state index is 0.261. The number of nitrogens with one attached hydrogen (secondary N) is 3. The van der Waals surface area contributed by atoms with E-state index in [0.717, 1.165) is 23.2 Å². The molecule has 0 saturated heterocycles. The van der Waals surface area contributed by atoms with Crippen LogP contribution in [-0.4, -0.2) is 46.6 Å². The van der Waals surface area contributed by atoms with Crippen LogP contribution in [0.4, 0.5) is 4.39 Å². The second-order valence-electron chi connectivity index (χ2n) is 8.02. The van der Waals surface area contributed by atoms with Crippen LogP contribution >= 0.6 is 0 Å². The quantitative estimate of drug-likeness (QED) is 0.336. The van der Waals surface area contributed by atoms with Crippen molar-refractivity contribution >= 4 is 22.1 Å². The molecule has 6 rings (SSSR count). The van der Waals surface area contributed by atoms with Gasteiger partial charge in [0.15, 0.2) is 11.5 Å². The van der Waals surface area contributed by atoms with Gasteiger partial charge >= 0.3 is 0 Å². The van der Waals surface area contributed by atoms with E-state index in [0.29, 0.717) is 46.0 Å². The zero-order chi connectivity index (χ0) is 23.8. The second kappa shape index (κ2) is 8.65. The lowest BCUT2D eigenvalue weighted by molar-refractivity contribution is 0.642. The van der Waals surface area contributed by atoms with Crippen molar-refractivity contribution in [3.63, 3.8) is 0 Å². The molecule has 9 nitrogen and oxygen atoms in total. The van der Waals surface area contributed by atoms with Gasteiger partial charge in [-0.2, -0.15) is 5.10 Å². The van der Waals surface area contributed by atoms with E-state index in [1.807, 2.05) is 31.2 Å². The van der Waals surface area contributed by atoms with Crippen LogP contribution in [0.25, 0.3) is 56.0 Å². The fraction of sp³-hybridized carbons (Fsp3) is 0.120. The van der Waals surface area contributed by atoms with Gasteiger partial charge < -0.3 is 10.3 Å². The molecule has 0 bridgehead atoms. The number of aromatic amines is 2. The Labute approximate surface area is 198 Å². The summed E-state index contributed by atoms with van der Waals surface area (Å²) in [5, 5.41) is 10.7. The first-order valence-electron chi connectivity index (χ1n) is 11.2. The Kier molecular flexibility index (Phi) is 5.19. The Bertz CT molecular complexity index is 1660. The third-order valence-corrected chi connectivity index (χ3v) is 5.79. The summed E-state index contributed by atoms with van der Waals surface area (Å²) in [5.74, 6) is -0.0134. The molecule has 0 saturated carbocycles. The van der Waals surface area contributed by atoms with Gasteiger partial charge in [0.2, 0.25) is 0 Å². The van der Waals surface area contributed by atoms with Gasteiger partial charge in [-0.1, -0.05) is 6.92 Å². The average molecular weight is 465 g/mol. The first-order valence-corrected chi connectivity index (χ1v) is 11.2. The van der Waals surface area contributed by atoms with E-state index in [1.165, 1.54) is 6.20 Å². The maximum Gasteiger partial charge on any atom is 0.159 e. The number of H-pyrrole nitrogens is 2. The molecule has 6 heterocycles. The molecule has 172 valence electrons. The summed E-state index contributed by atoms with van der Waals surface area (Å²) in [7, 11) is 0. The summed E-state index contributed by atoms with van der Waals surface area (Å²) in [4.78, 5) is 25.3. The first kappa shape index (κ1) is 21.0. The number of fused-ring (bicyclic) bond motifs is 2. The number of halogens is 1. The normalized spacial score (nSPS) is 11.5. The topological polar surface area (TPSA) is 121 Å². The number of hydrogen-bond acceptors (Lipinski definition) is 7. The van der Waals surface area contributed by atoms with E-state index in [4.69, 9.17) is 4.98 Å². The molecule has 0 radical (unpaired) electrons. The van der Waals surface area contributed by atoms with E-state index < -0.39 is 5.82 Å². The van der Waals surface area contributed by atoms with Crippen LogP contribution in [0, 0.1) is 5.82 Å². The van der Waals surface area contributed by atoms with Crippen molar-refractivity contribution in [3.8, 4) is 33.9 Å². The monoisotopic (exact) mass is 465 g/mol. The zero-order valence-electron chi connectivity index (χ0n) is 18.7. The Balaban J connectivity index is 1.48. The minimum Gasteiger partial charge on any atom is -0.336 e. The van der Waals surface area contributed by atoms with E-state index in [1.54, 1.807) is 31.0 Å². The molecule has 0 aliphatic heterocycles. The molecule has 0 spiro atoms. The molecule has 6 aromatic rings. The molecule has 0 aliphatic carbocycles. The molecule has 0 aliphatic rings. The van der Waals surface area contributed by atoms with Crippen molar-refractivity contribution < 1.29 is 4.39 Å². The van der Waals surface area contributed by atoms with Gasteiger partial charge in [-0.15, -0.1) is 0 Å². The first-order chi connectivity index (χ1) is 17.2. The summed E-state index contributed by atoms with van der Waals surface area (Å²) in [6.07, 6.45) is 10.0. The lowest BCUT2D eigenvalue weighted by Crippen LogP contribution is -2.11. The van der Waals surface area contributed by atoms with Gasteiger partial charge in [-0.3, -0.25) is 20.1 Å². The number of hydrogen-bond donors (Lipinski definition) is 3. The van der Waals surface area contributed by atoms with Gasteiger partial charge in [0.05, 0.1) is 16.6 Å². The molecule has 10 heteroatoms. The standard InChI is InChI=1S/C25H20FN9/c1-2-27-10-14-9-16(12-29-11-14)17-13-31-24-19(20(17)26)23(34-35-24)25-32-18-5-8-30-21(22(18)33-25)15-3-6-28-7-4-15/h3-9,11-13,27H,2,10H2,1H3,(H,32,33)(H,31,34,35). The lowest BCUT2D eigenvalue weighted by Gasteiger charge is -2.07. The molecule has 0 atom stereocenters. The number of aromatic nitrogens is 8. The van der Waals surface area contributed by atoms with Crippen LogP contribution in [0.3, 0.4) is 0 Å². The smallest absolute Gasteiger partial charge is 0.159 e. The number of rotatable bonds is 6. The Morgan fingerprint density at radius 3 is 2.69 bits per heavy atom. The summed E-state index contributed by atoms with van der Waals surface area (Å²) < 4.78 is 15.9. The molecule has 3 N–H and O–H groups in total. The van der Waals surface area contributed by atoms with Gasteiger partial charge in [0.25, 0.3) is 0 Å². The highest BCUT2D eigenvalue weighted by Gasteiger charge is 2.21. The second-order valence-corrected chi connectivity index (χ2v) is 8.02. The third kappa shape index (κ3) is 3.69. The van der Waals surface area contributed by atoms with Gasteiger partial charge in [0.1, 0.15) is 17.0 Å². The molecule has 6 aromatic heterocycles. The van der Waals surface area contributed by atoms with E-state index in [-0.39, 0.29) is 5.39 Å². The molecule has 0 unspecified atom stereocenters. The Morgan fingerprint density at radius 1 is 0.943 bits per heavy atom. The van der Waals surface area contributed by atoms with Crippen molar-refractivity contribution in [1.29, 1.82) is 0 Å². The summed E-state index contributed by atoms with van der Waals surface area (Å²) >= 11 is 0. The zero-order valence-corrected chi connectivity index (χ0v) is 18.7. The predicted molar refractivity (Wildman–Crippen MR) is 131 cm³/mol. The van der Waals surface area contributed by atoms with Crippen molar-refractivity contribution in [2.45, 2.75) is 13.5 Å². The molecule has 35 heavy (non-hydrogen) atoms. The van der Waals surface area contributed by atoms with Crippen molar-refractivity contribution in [1.82, 2.24) is 45.4 Å². The third-order valence-electron chi connectivity index (χ3n) is 5.79. The lowest BCUT2D eigenvalue weighted by atomic mass is 10.1. The van der Waals surface area contributed by atoms with Crippen LogP contribution < -0.4 is 5.32 Å². The van der Waals surface area contributed by atoms with Gasteiger partial charge in [-0.05, 0) is 36.4 Å². The van der Waals surface area contributed by atoms with E-state index in [2.05, 4.69) is 40.4 Å². The maximum absolute atomic E-state index is 15.9. The van der Waals surface area contributed by atoms with Crippen molar-refractivity contribution in [2.75, 3.05) is 6.54 Å². The SMILES string of the molecule is CCNCc1cncc(-c2cnc3[nH]nc(-c4nc5c(-c6ccncc6)nccc5[nH]4)c3c2F)c1. The number of nitrogens with zero attached hydrogens (tertiary/aromatic N) is 6. The number of imidazole rings is 1. The molecule has 0 amide bonds. The van der Waals surface area contributed by atoms with Gasteiger partial charge in [-0.25, -0.2) is 14.4 Å². The molecular formula is C25H20FN9. The minimum atomic E-state index is -0.436. The Morgan fingerprint density at radius 2 is 1.83 bits per heavy atom. The Hall–Kier alpha value is -4.57. The van der Waals surface area contributed by atoms with Crippen LogP contribution in [0.1, 0.15) is 12.5 Å². The van der Waals surface area contributed by atoms with Gasteiger partial charge in [0, 0.05) is 60.4 Å². The summed E-state index contributed by atoms with van der Waals surface area (Å²) in [6, 6.07) is 7.48. The number of pyridine rings is 4. The largest absolute Gasteiger partial charge is 0.336 e. The van der Waals surface area contributed by atoms with Crippen LogP contribution in [0.2, 0.25) is 0 Å². The highest BCUT2D eigenvalue weighted by atomic mass is 19.1. The predicted octanol–water partition coefficient (Wildman–Crippen LogP) is 4.27. The maximum atomic E-state index is 15.9. The highest BCUT2D eigenvalue weighted by Crippen LogP contribution is 2.34. The highest BCUT2D eigenvalue weighted by molar-refractivity contribution is 5.96. The fourth-order valence-electron chi connectivity index (χ4n) is 4.10. The summed E-state index contributed by atoms with van der Waals surface area (Å²) in [5.41, 5.74) is 5.66. The summed E-state index contributed by atoms with van der Waals surface area (Å²) in [6.45, 7) is 3.52. The van der Waals surface area contributed by atoms with Crippen molar-refractivity contribution in [2.24, 2.45) is 0 Å². The molecular weight excluding hydrogens is 445 g/mol. The molecule has 0 aromatic carbocycles. The van der Waals surface area contributed by atoms with Crippen molar-refractivity contribution in [3.05, 3.63) is 72.8 Å². The molecule has 0 fully saturated rings. The average Bonchev–Trinajstić information content (AvgIpc) is 3.53. The van der Waals surface area contributed by atoms with Crippen LogP contribution in [0.15, 0.2) is 61.4 Å². The van der Waals surface area contributed by atoms with Crippen LogP contribution in [0.5, 0.6) is 0 Å². The van der Waals surface area contributed by atoms with Crippen LogP contribution in [-0.2, 0) is 6.54 Å². The van der Waals surface area contributed by atoms with E-state index in [9.17, 15) is 0 Å².